The maximum Gasteiger partial charge on any atom is 2.00 e. The van der Waals surface area contributed by atoms with E-state index in [-0.39, 0.29) is 42.7 Å². The molecule has 0 saturated heterocycles. The fourth-order valence-corrected chi connectivity index (χ4v) is 8.34. The fourth-order valence-electron chi connectivity index (χ4n) is 7.10. The number of benzene rings is 4. The van der Waals surface area contributed by atoms with Gasteiger partial charge in [0.05, 0.1) is 0 Å². The first-order valence-corrected chi connectivity index (χ1v) is 20.2. The Kier molecular flexibility index (Phi) is 11.1. The van der Waals surface area contributed by atoms with Crippen LogP contribution in [-0.4, -0.2) is 9.97 Å². The van der Waals surface area contributed by atoms with Crippen LogP contribution in [0.1, 0.15) is 111 Å². The molecule has 7 rings (SSSR count). The molecule has 0 saturated carbocycles. The number of hydrogen-bond donors (Lipinski definition) is 0. The maximum atomic E-state index is 6.82. The summed E-state index contributed by atoms with van der Waals surface area (Å²) in [5, 5.41) is 3.39. The molecular formula is C51H54N2OPtS. The van der Waals surface area contributed by atoms with Gasteiger partial charge in [0.1, 0.15) is 0 Å². The Hall–Kier alpha value is -4.11. The van der Waals surface area contributed by atoms with Crippen molar-refractivity contribution >= 4 is 32.2 Å². The molecule has 0 unspecified atom stereocenters. The Labute approximate surface area is 353 Å². The number of fused-ring (bicyclic) bond motifs is 2. The van der Waals surface area contributed by atoms with Crippen molar-refractivity contribution < 1.29 is 25.8 Å². The van der Waals surface area contributed by atoms with Gasteiger partial charge in [-0.3, -0.25) is 4.98 Å². The summed E-state index contributed by atoms with van der Waals surface area (Å²) in [6, 6.07) is 38.0. The summed E-state index contributed by atoms with van der Waals surface area (Å²) in [5.41, 5.74) is 11.0. The molecule has 0 radical (unpaired) electrons. The fraction of sp³-hybridized carbons (Fsp3) is 0.333. The van der Waals surface area contributed by atoms with E-state index in [4.69, 9.17) is 14.7 Å². The first kappa shape index (κ1) is 41.5. The molecular weight excluding hydrogens is 884 g/mol. The minimum absolute atomic E-state index is 0. The molecule has 0 amide bonds. The van der Waals surface area contributed by atoms with Gasteiger partial charge in [0.25, 0.3) is 0 Å². The van der Waals surface area contributed by atoms with Gasteiger partial charge in [0.15, 0.2) is 0 Å². The van der Waals surface area contributed by atoms with Crippen LogP contribution in [-0.2, 0) is 42.7 Å². The van der Waals surface area contributed by atoms with E-state index < -0.39 is 0 Å². The molecule has 0 N–H and O–H groups in total. The second kappa shape index (κ2) is 15.0. The molecule has 0 aliphatic heterocycles. The summed E-state index contributed by atoms with van der Waals surface area (Å²) < 4.78 is 7.93. The summed E-state index contributed by atoms with van der Waals surface area (Å²) in [6.45, 7) is 29.2. The van der Waals surface area contributed by atoms with Gasteiger partial charge in [0.2, 0.25) is 5.88 Å². The van der Waals surface area contributed by atoms with Crippen molar-refractivity contribution in [2.24, 2.45) is 0 Å². The molecule has 3 aromatic heterocycles. The van der Waals surface area contributed by atoms with Gasteiger partial charge in [-0.05, 0) is 74.1 Å². The van der Waals surface area contributed by atoms with Crippen molar-refractivity contribution in [3.05, 3.63) is 131 Å². The molecule has 56 heavy (non-hydrogen) atoms. The number of nitrogens with zero attached hydrogens (tertiary/aromatic N) is 2. The predicted molar refractivity (Wildman–Crippen MR) is 235 cm³/mol. The average Bonchev–Trinajstić information content (AvgIpc) is 3.53. The van der Waals surface area contributed by atoms with Crippen LogP contribution in [0.4, 0.5) is 0 Å². The third kappa shape index (κ3) is 8.58. The standard InChI is InChI=1S/C51H54N2OS.Pt/c1-31-22-36(48(2,3)4)18-19-40(31)44-27-35-28-45(53-46(47(35)55-44)34-23-32-16-14-15-17-41(32)42(26-34)51(11,12)13)54-39-25-33(24-38(29-39)50(8,9)10)43-30-37(20-21-52-43)49(5,6)7;/h14-22,24,26-30H,1-13H3;/q-2;+2. The smallest absolute Gasteiger partial charge is 0.459 e. The van der Waals surface area contributed by atoms with Gasteiger partial charge in [0, 0.05) is 33.3 Å². The molecule has 0 spiro atoms. The van der Waals surface area contributed by atoms with Crippen LogP contribution in [0.3, 0.4) is 0 Å². The van der Waals surface area contributed by atoms with Gasteiger partial charge in [-0.25, -0.2) is 0 Å². The second-order valence-corrected chi connectivity index (χ2v) is 20.2. The van der Waals surface area contributed by atoms with E-state index in [1.807, 2.05) is 6.20 Å². The number of aryl methyl sites for hydroxylation is 1. The minimum atomic E-state index is -0.127. The molecule has 0 bridgehead atoms. The third-order valence-electron chi connectivity index (χ3n) is 10.5. The van der Waals surface area contributed by atoms with Gasteiger partial charge in [-0.1, -0.05) is 149 Å². The number of aromatic nitrogens is 2. The van der Waals surface area contributed by atoms with Crippen LogP contribution >= 0.6 is 11.3 Å². The topological polar surface area (TPSA) is 35.0 Å². The number of ether oxygens (including phenoxy) is 1. The van der Waals surface area contributed by atoms with Crippen molar-refractivity contribution in [2.45, 2.75) is 112 Å². The first-order chi connectivity index (χ1) is 25.6. The second-order valence-electron chi connectivity index (χ2n) is 19.2. The number of thiophene rings is 1. The Morgan fingerprint density at radius 2 is 1.30 bits per heavy atom. The normalized spacial score (nSPS) is 12.6. The number of hydrogen-bond acceptors (Lipinski definition) is 4. The Morgan fingerprint density at radius 3 is 1.96 bits per heavy atom. The van der Waals surface area contributed by atoms with Gasteiger partial charge in [-0.15, -0.1) is 57.7 Å². The van der Waals surface area contributed by atoms with Crippen LogP contribution in [0.25, 0.3) is 53.8 Å². The molecule has 0 aliphatic rings. The molecule has 7 aromatic rings. The number of pyridine rings is 2. The van der Waals surface area contributed by atoms with Crippen LogP contribution in [0, 0.1) is 19.1 Å². The maximum absolute atomic E-state index is 6.82. The zero-order chi connectivity index (χ0) is 39.7. The van der Waals surface area contributed by atoms with E-state index in [9.17, 15) is 0 Å². The van der Waals surface area contributed by atoms with Crippen LogP contribution < -0.4 is 4.74 Å². The van der Waals surface area contributed by atoms with Crippen molar-refractivity contribution in [2.75, 3.05) is 0 Å². The summed E-state index contributed by atoms with van der Waals surface area (Å²) in [4.78, 5) is 11.3. The van der Waals surface area contributed by atoms with E-state index in [0.29, 0.717) is 11.6 Å². The van der Waals surface area contributed by atoms with Crippen molar-refractivity contribution in [1.29, 1.82) is 0 Å². The molecule has 0 aliphatic carbocycles. The molecule has 3 heterocycles. The third-order valence-corrected chi connectivity index (χ3v) is 11.7. The summed E-state index contributed by atoms with van der Waals surface area (Å²) in [5.74, 6) is 1.14. The summed E-state index contributed by atoms with van der Waals surface area (Å²) in [6.07, 6.45) is 1.90. The molecule has 3 nitrogen and oxygen atoms in total. The van der Waals surface area contributed by atoms with Crippen molar-refractivity contribution in [1.82, 2.24) is 9.97 Å². The van der Waals surface area contributed by atoms with Gasteiger partial charge < -0.3 is 9.72 Å². The van der Waals surface area contributed by atoms with Crippen molar-refractivity contribution in [3.63, 3.8) is 0 Å². The monoisotopic (exact) mass is 937 g/mol. The molecule has 0 fully saturated rings. The molecule has 0 atom stereocenters. The van der Waals surface area contributed by atoms with E-state index in [1.54, 1.807) is 11.3 Å². The van der Waals surface area contributed by atoms with Crippen LogP contribution in [0.2, 0.25) is 0 Å². The van der Waals surface area contributed by atoms with Crippen LogP contribution in [0.15, 0.2) is 91.1 Å². The first-order valence-electron chi connectivity index (χ1n) is 19.4. The van der Waals surface area contributed by atoms with Gasteiger partial charge >= 0.3 is 21.1 Å². The quantitative estimate of drug-likeness (QED) is 0.161. The molecule has 5 heteroatoms. The minimum Gasteiger partial charge on any atom is -0.459 e. The van der Waals surface area contributed by atoms with E-state index in [2.05, 4.69) is 187 Å². The summed E-state index contributed by atoms with van der Waals surface area (Å²) >= 11 is 1.79. The SMILES string of the molecule is Cc1cc(C(C)(C)C)ccc1-c1cc2cc(Oc3[c-]c(-c4cc(C(C)(C)C)ccn4)cc(C(C)(C)C)c3)nc(-c3[c-]c4ccccc4c(C(C)(C)C)c3)c2s1.[Pt+2]. The average molecular weight is 938 g/mol. The zero-order valence-corrected chi connectivity index (χ0v) is 38.3. The van der Waals surface area contributed by atoms with E-state index in [0.717, 1.165) is 43.6 Å². The Morgan fingerprint density at radius 1 is 0.625 bits per heavy atom. The zero-order valence-electron chi connectivity index (χ0n) is 35.2. The Bertz CT molecular complexity index is 2570. The number of rotatable bonds is 5. The largest absolute Gasteiger partial charge is 2.00 e. The summed E-state index contributed by atoms with van der Waals surface area (Å²) in [7, 11) is 0. The van der Waals surface area contributed by atoms with Crippen molar-refractivity contribution in [3.8, 4) is 44.6 Å². The predicted octanol–water partition coefficient (Wildman–Crippen LogP) is 14.7. The van der Waals surface area contributed by atoms with Crippen LogP contribution in [0.5, 0.6) is 11.6 Å². The van der Waals surface area contributed by atoms with Gasteiger partial charge in [-0.2, -0.15) is 0 Å². The van der Waals surface area contributed by atoms with E-state index in [1.165, 1.54) is 38.1 Å². The molecule has 4 aromatic carbocycles. The van der Waals surface area contributed by atoms with E-state index >= 15 is 0 Å². The Balaban J connectivity index is 0.00000532. The molecule has 290 valence electrons.